The zero-order valence-electron chi connectivity index (χ0n) is 10.9. The van der Waals surface area contributed by atoms with Crippen molar-refractivity contribution in [2.75, 3.05) is 27.9 Å². The minimum Gasteiger partial charge on any atom is -0.525 e. The molecular weight excluding hydrogens is 260 g/mol. The highest BCUT2D eigenvalue weighted by molar-refractivity contribution is 6.09. The van der Waals surface area contributed by atoms with Crippen LogP contribution in [0, 0.1) is 0 Å². The lowest BCUT2D eigenvalue weighted by Gasteiger charge is -2.19. The first-order valence-corrected chi connectivity index (χ1v) is 5.96. The van der Waals surface area contributed by atoms with E-state index >= 15 is 0 Å². The Morgan fingerprint density at radius 2 is 1.89 bits per heavy atom. The maximum absolute atomic E-state index is 11.7. The molecule has 18 heavy (non-hydrogen) atoms. The van der Waals surface area contributed by atoms with Gasteiger partial charge >= 0.3 is 5.97 Å². The van der Waals surface area contributed by atoms with Crippen LogP contribution in [0.15, 0.2) is 11.5 Å². The highest BCUT2D eigenvalue weighted by Crippen LogP contribution is 2.16. The van der Waals surface area contributed by atoms with E-state index in [0.29, 0.717) is 6.29 Å². The Hall–Kier alpha value is -1.38. The molecule has 0 aromatic heterocycles. The second-order valence-electron chi connectivity index (χ2n) is 2.99. The van der Waals surface area contributed by atoms with Gasteiger partial charge in [-0.25, -0.2) is 4.79 Å². The third-order valence-corrected chi connectivity index (χ3v) is 2.32. The van der Waals surface area contributed by atoms with Gasteiger partial charge in [0.2, 0.25) is 10.5 Å². The van der Waals surface area contributed by atoms with E-state index in [1.807, 2.05) is 0 Å². The van der Waals surface area contributed by atoms with Crippen LogP contribution in [0.5, 0.6) is 0 Å². The summed E-state index contributed by atoms with van der Waals surface area (Å²) in [7, 11) is 4.26. The van der Waals surface area contributed by atoms with Gasteiger partial charge in [0.15, 0.2) is 11.9 Å². The van der Waals surface area contributed by atoms with E-state index in [1.54, 1.807) is 0 Å². The summed E-state index contributed by atoms with van der Waals surface area (Å²) in [5.74, 6) is -0.688. The van der Waals surface area contributed by atoms with Crippen molar-refractivity contribution in [1.29, 1.82) is 0 Å². The standard InChI is InChI=1S/C10H18O7Si/c1-13-9(14-2)7(8(12)17-18)10(15-3)16-6-4-5-11/h5,10H,4,6H2,1-3,18H3. The normalized spacial score (nSPS) is 11.5. The Bertz CT molecular complexity index is 297. The van der Waals surface area contributed by atoms with Crippen molar-refractivity contribution in [1.82, 2.24) is 0 Å². The molecule has 0 rings (SSSR count). The van der Waals surface area contributed by atoms with Gasteiger partial charge in [0.05, 0.1) is 20.8 Å². The topological polar surface area (TPSA) is 80.3 Å². The van der Waals surface area contributed by atoms with Crippen molar-refractivity contribution in [3.8, 4) is 0 Å². The van der Waals surface area contributed by atoms with E-state index in [1.165, 1.54) is 21.3 Å². The molecule has 8 heteroatoms. The van der Waals surface area contributed by atoms with Gasteiger partial charge in [0.1, 0.15) is 6.29 Å². The third-order valence-electron chi connectivity index (χ3n) is 1.95. The Kier molecular flexibility index (Phi) is 8.89. The van der Waals surface area contributed by atoms with Crippen LogP contribution >= 0.6 is 0 Å². The van der Waals surface area contributed by atoms with Gasteiger partial charge in [-0.2, -0.15) is 0 Å². The maximum atomic E-state index is 11.7. The van der Waals surface area contributed by atoms with Crippen LogP contribution in [0.4, 0.5) is 0 Å². The SMILES string of the molecule is COC(OC)=C(C(=O)O[SiH3])C(OC)OCCC=O. The lowest BCUT2D eigenvalue weighted by Crippen LogP contribution is -2.27. The lowest BCUT2D eigenvalue weighted by molar-refractivity contribution is -0.143. The molecular formula is C10H18O7Si. The Morgan fingerprint density at radius 1 is 1.28 bits per heavy atom. The fourth-order valence-electron chi connectivity index (χ4n) is 1.18. The number of rotatable bonds is 9. The van der Waals surface area contributed by atoms with Crippen LogP contribution in [-0.4, -0.2) is 57.0 Å². The van der Waals surface area contributed by atoms with Crippen molar-refractivity contribution < 1.29 is 33.0 Å². The highest BCUT2D eigenvalue weighted by Gasteiger charge is 2.28. The summed E-state index contributed by atoms with van der Waals surface area (Å²) in [4.78, 5) is 21.9. The number of aldehydes is 1. The van der Waals surface area contributed by atoms with Gasteiger partial charge in [0.25, 0.3) is 5.95 Å². The van der Waals surface area contributed by atoms with Crippen LogP contribution in [0.3, 0.4) is 0 Å². The summed E-state index contributed by atoms with van der Waals surface area (Å²) < 4.78 is 24.8. The summed E-state index contributed by atoms with van der Waals surface area (Å²) >= 11 is 0. The fraction of sp³-hybridized carbons (Fsp3) is 0.600. The first kappa shape index (κ1) is 16.6. The number of methoxy groups -OCH3 is 3. The monoisotopic (exact) mass is 278 g/mol. The number of carbonyl (C=O) groups excluding carboxylic acids is 2. The Balaban J connectivity index is 5.07. The summed E-state index contributed by atoms with van der Waals surface area (Å²) in [6, 6.07) is 0. The molecule has 0 amide bonds. The van der Waals surface area contributed by atoms with Gasteiger partial charge in [-0.05, 0) is 0 Å². The van der Waals surface area contributed by atoms with Crippen LogP contribution in [0.1, 0.15) is 6.42 Å². The molecule has 0 aromatic rings. The lowest BCUT2D eigenvalue weighted by atomic mass is 10.2. The Morgan fingerprint density at radius 3 is 2.28 bits per heavy atom. The molecule has 0 aliphatic rings. The van der Waals surface area contributed by atoms with Crippen molar-refractivity contribution >= 4 is 22.7 Å². The average molecular weight is 278 g/mol. The first-order chi connectivity index (χ1) is 8.65. The molecule has 0 spiro atoms. The predicted molar refractivity (Wildman–Crippen MR) is 64.5 cm³/mol. The highest BCUT2D eigenvalue weighted by atomic mass is 28.2. The van der Waals surface area contributed by atoms with Gasteiger partial charge < -0.3 is 28.2 Å². The molecule has 0 saturated carbocycles. The van der Waals surface area contributed by atoms with E-state index in [4.69, 9.17) is 23.4 Å². The van der Waals surface area contributed by atoms with Crippen LogP contribution < -0.4 is 0 Å². The fourth-order valence-corrected chi connectivity index (χ4v) is 1.40. The van der Waals surface area contributed by atoms with Crippen molar-refractivity contribution in [3.63, 3.8) is 0 Å². The van der Waals surface area contributed by atoms with Crippen molar-refractivity contribution in [2.45, 2.75) is 12.7 Å². The minimum atomic E-state index is -1.01. The van der Waals surface area contributed by atoms with E-state index in [-0.39, 0.29) is 35.0 Å². The van der Waals surface area contributed by atoms with Crippen molar-refractivity contribution in [3.05, 3.63) is 11.5 Å². The van der Waals surface area contributed by atoms with Crippen LogP contribution in [-0.2, 0) is 33.0 Å². The molecule has 1 unspecified atom stereocenters. The molecule has 1 atom stereocenters. The predicted octanol–water partition coefficient (Wildman–Crippen LogP) is -1.11. The third kappa shape index (κ3) is 4.86. The smallest absolute Gasteiger partial charge is 0.332 e. The molecule has 0 heterocycles. The van der Waals surface area contributed by atoms with E-state index < -0.39 is 12.3 Å². The average Bonchev–Trinajstić information content (AvgIpc) is 2.41. The number of hydrogen-bond acceptors (Lipinski definition) is 7. The summed E-state index contributed by atoms with van der Waals surface area (Å²) in [6.45, 7) is 0.112. The number of hydrogen-bond donors (Lipinski definition) is 0. The quantitative estimate of drug-likeness (QED) is 0.132. The van der Waals surface area contributed by atoms with E-state index in [2.05, 4.69) is 0 Å². The van der Waals surface area contributed by atoms with Crippen LogP contribution in [0.25, 0.3) is 0 Å². The minimum absolute atomic E-state index is 0.0107. The van der Waals surface area contributed by atoms with Gasteiger partial charge in [-0.3, -0.25) is 0 Å². The van der Waals surface area contributed by atoms with E-state index in [9.17, 15) is 9.59 Å². The summed E-state index contributed by atoms with van der Waals surface area (Å²) in [5.41, 5.74) is -0.0107. The molecule has 0 aliphatic heterocycles. The number of ether oxygens (including phenoxy) is 4. The summed E-state index contributed by atoms with van der Waals surface area (Å²) in [6.07, 6.45) is -0.117. The van der Waals surface area contributed by atoms with E-state index in [0.717, 1.165) is 0 Å². The van der Waals surface area contributed by atoms with Crippen LogP contribution in [0.2, 0.25) is 0 Å². The largest absolute Gasteiger partial charge is 0.525 e. The van der Waals surface area contributed by atoms with Gasteiger partial charge in [-0.15, -0.1) is 0 Å². The zero-order valence-corrected chi connectivity index (χ0v) is 12.9. The van der Waals surface area contributed by atoms with Gasteiger partial charge in [-0.1, -0.05) is 0 Å². The molecule has 0 bridgehead atoms. The second-order valence-corrected chi connectivity index (χ2v) is 3.40. The molecule has 7 nitrogen and oxygen atoms in total. The number of carbonyl (C=O) groups is 2. The molecule has 104 valence electrons. The first-order valence-electron chi connectivity index (χ1n) is 5.14. The van der Waals surface area contributed by atoms with Gasteiger partial charge in [0, 0.05) is 13.5 Å². The second kappa shape index (κ2) is 9.63. The molecule has 0 radical (unpaired) electrons. The summed E-state index contributed by atoms with van der Waals surface area (Å²) in [5, 5.41) is 0. The molecule has 0 fully saturated rings. The molecule has 0 aromatic carbocycles. The molecule has 0 N–H and O–H groups in total. The molecule has 0 aliphatic carbocycles. The maximum Gasteiger partial charge on any atom is 0.332 e. The van der Waals surface area contributed by atoms with Crippen molar-refractivity contribution in [2.24, 2.45) is 0 Å². The Labute approximate surface area is 109 Å². The molecule has 0 saturated heterocycles. The zero-order chi connectivity index (χ0) is 14.0.